The zero-order valence-corrected chi connectivity index (χ0v) is 22.9. The van der Waals surface area contributed by atoms with E-state index in [2.05, 4.69) is 21.3 Å². The van der Waals surface area contributed by atoms with Gasteiger partial charge in [0.2, 0.25) is 17.7 Å². The lowest BCUT2D eigenvalue weighted by atomic mass is 10.0. The predicted octanol–water partition coefficient (Wildman–Crippen LogP) is 1.43. The Morgan fingerprint density at radius 3 is 2.28 bits per heavy atom. The minimum absolute atomic E-state index is 0.0445. The first-order valence-corrected chi connectivity index (χ1v) is 14.5. The van der Waals surface area contributed by atoms with E-state index in [0.717, 1.165) is 0 Å². The molecule has 0 aliphatic carbocycles. The average molecular weight is 541 g/mol. The summed E-state index contributed by atoms with van der Waals surface area (Å²) >= 11 is 0. The number of hydrogen-bond acceptors (Lipinski definition) is 8. The zero-order valence-electron chi connectivity index (χ0n) is 21.3. The number of esters is 1. The van der Waals surface area contributed by atoms with Crippen molar-refractivity contribution in [3.05, 3.63) is 23.9 Å². The van der Waals surface area contributed by atoms with E-state index in [9.17, 15) is 24.0 Å². The van der Waals surface area contributed by atoms with Gasteiger partial charge in [-0.15, -0.1) is 0 Å². The molecule has 36 heavy (non-hydrogen) atoms. The molecule has 2 aliphatic rings. The molecule has 4 atom stereocenters. The normalized spacial score (nSPS) is 28.8. The maximum atomic E-state index is 13.2. The van der Waals surface area contributed by atoms with Gasteiger partial charge in [0.05, 0.1) is 6.42 Å². The molecule has 1 fully saturated rings. The number of hydrogen-bond donors (Lipinski definition) is 4. The smallest absolute Gasteiger partial charge is 0.329 e. The summed E-state index contributed by atoms with van der Waals surface area (Å²) in [6.45, 7) is 8.66. The second kappa shape index (κ2) is 14.3. The van der Waals surface area contributed by atoms with E-state index in [4.69, 9.17) is 4.74 Å². The molecule has 2 aliphatic heterocycles. The van der Waals surface area contributed by atoms with Crippen LogP contribution in [0.1, 0.15) is 47.5 Å². The summed E-state index contributed by atoms with van der Waals surface area (Å²) in [5.41, 5.74) is -0.0445. The van der Waals surface area contributed by atoms with Gasteiger partial charge in [-0.2, -0.15) is 0 Å². The third-order valence-corrected chi connectivity index (χ3v) is 8.03. The summed E-state index contributed by atoms with van der Waals surface area (Å²) in [5, 5.41) is 10.7. The highest BCUT2D eigenvalue weighted by Gasteiger charge is 2.33. The Balaban J connectivity index is 2.55. The van der Waals surface area contributed by atoms with Crippen LogP contribution in [-0.2, 0) is 28.7 Å². The Bertz CT molecular complexity index is 905. The molecule has 0 saturated carbocycles. The van der Waals surface area contributed by atoms with E-state index in [0.29, 0.717) is 12.2 Å². The van der Waals surface area contributed by atoms with Gasteiger partial charge in [0.15, 0.2) is 0 Å². The molecule has 10 nitrogen and oxygen atoms in total. The summed E-state index contributed by atoms with van der Waals surface area (Å²) in [5.74, 6) is -2.54. The average Bonchev–Trinajstić information content (AvgIpc) is 2.81. The quantitative estimate of drug-likeness (QED) is 0.178. The summed E-state index contributed by atoms with van der Waals surface area (Å²) in [6, 6.07) is -2.86. The third-order valence-electron chi connectivity index (χ3n) is 5.59. The van der Waals surface area contributed by atoms with Gasteiger partial charge in [-0.25, -0.2) is 4.79 Å². The molecule has 200 valence electrons. The molecule has 1 unspecified atom stereocenters. The van der Waals surface area contributed by atoms with E-state index in [1.807, 2.05) is 6.08 Å². The highest BCUT2D eigenvalue weighted by atomic mass is 33.1. The van der Waals surface area contributed by atoms with Crippen LogP contribution >= 0.6 is 21.6 Å². The molecule has 1 saturated heterocycles. The van der Waals surface area contributed by atoms with Crippen molar-refractivity contribution in [3.8, 4) is 0 Å². The number of nitrogens with one attached hydrogen (secondary N) is 4. The lowest BCUT2D eigenvalue weighted by molar-refractivity contribution is -0.153. The molecule has 0 aromatic heterocycles. The van der Waals surface area contributed by atoms with Crippen LogP contribution in [0, 0.1) is 11.8 Å². The van der Waals surface area contributed by atoms with Gasteiger partial charge in [-0.05, 0) is 31.3 Å². The van der Waals surface area contributed by atoms with Gasteiger partial charge in [-0.3, -0.25) is 19.2 Å². The molecule has 2 heterocycles. The van der Waals surface area contributed by atoms with Crippen molar-refractivity contribution in [2.75, 3.05) is 11.5 Å². The first-order valence-electron chi connectivity index (χ1n) is 12.0. The topological polar surface area (TPSA) is 143 Å². The summed E-state index contributed by atoms with van der Waals surface area (Å²) in [7, 11) is 2.95. The fourth-order valence-corrected chi connectivity index (χ4v) is 5.66. The SMILES string of the molecule is CC=C1NC(=O)[C@H]2CSSCCC=C[C@H](CC(=O)N[C@H](C(C)C)C(=O)N2)OC(=O)C(C(C)C)NC1=O. The van der Waals surface area contributed by atoms with Crippen molar-refractivity contribution in [1.29, 1.82) is 0 Å². The van der Waals surface area contributed by atoms with Crippen molar-refractivity contribution in [2.24, 2.45) is 11.8 Å². The largest absolute Gasteiger partial charge is 0.456 e. The van der Waals surface area contributed by atoms with Gasteiger partial charge in [0.1, 0.15) is 29.9 Å². The second-order valence-electron chi connectivity index (χ2n) is 9.24. The van der Waals surface area contributed by atoms with Crippen LogP contribution < -0.4 is 21.3 Å². The first kappa shape index (κ1) is 29.8. The van der Waals surface area contributed by atoms with E-state index in [-0.39, 0.29) is 29.7 Å². The van der Waals surface area contributed by atoms with Crippen LogP contribution in [0.5, 0.6) is 0 Å². The standard InChI is InChI=1S/C24H36N4O6S2/c1-6-16-21(30)28-20(14(4)5)24(33)34-15-9-7-8-10-35-36-12-17(22(31)25-16)26-23(32)19(13(2)3)27-18(29)11-15/h6-7,9,13-15,17,19-20H,8,10-12H2,1-5H3,(H,25,31)(H,26,32)(H,27,29)(H,28,30)/t15-,17-,19-,20?/m1/s1. The van der Waals surface area contributed by atoms with Crippen molar-refractivity contribution >= 4 is 51.2 Å². The van der Waals surface area contributed by atoms with Gasteiger partial charge < -0.3 is 26.0 Å². The van der Waals surface area contributed by atoms with E-state index in [1.54, 1.807) is 40.7 Å². The van der Waals surface area contributed by atoms with Crippen molar-refractivity contribution < 1.29 is 28.7 Å². The zero-order chi connectivity index (χ0) is 26.8. The fraction of sp³-hybridized carbons (Fsp3) is 0.625. The molecule has 0 radical (unpaired) electrons. The third kappa shape index (κ3) is 8.88. The number of amides is 4. The van der Waals surface area contributed by atoms with Gasteiger partial charge >= 0.3 is 5.97 Å². The van der Waals surface area contributed by atoms with Crippen LogP contribution in [0.25, 0.3) is 0 Å². The number of fused-ring (bicyclic) bond motifs is 7. The molecule has 12 heteroatoms. The van der Waals surface area contributed by atoms with E-state index in [1.165, 1.54) is 27.7 Å². The Kier molecular flexibility index (Phi) is 11.8. The number of carbonyl (C=O) groups is 5. The fourth-order valence-electron chi connectivity index (χ4n) is 3.50. The van der Waals surface area contributed by atoms with E-state index >= 15 is 0 Å². The summed E-state index contributed by atoms with van der Waals surface area (Å²) < 4.78 is 5.65. The maximum Gasteiger partial charge on any atom is 0.329 e. The van der Waals surface area contributed by atoms with Crippen LogP contribution in [0.4, 0.5) is 0 Å². The molecule has 0 aromatic carbocycles. The highest BCUT2D eigenvalue weighted by Crippen LogP contribution is 2.24. The number of carbonyl (C=O) groups excluding carboxylic acids is 5. The highest BCUT2D eigenvalue weighted by molar-refractivity contribution is 8.76. The minimum atomic E-state index is -1.00. The van der Waals surface area contributed by atoms with Crippen LogP contribution in [0.2, 0.25) is 0 Å². The molecule has 4 N–H and O–H groups in total. The van der Waals surface area contributed by atoms with Crippen LogP contribution in [-0.4, -0.2) is 65.3 Å². The molecular weight excluding hydrogens is 504 g/mol. The lowest BCUT2D eigenvalue weighted by Gasteiger charge is -2.27. The molecule has 4 amide bonds. The second-order valence-corrected chi connectivity index (χ2v) is 11.9. The first-order chi connectivity index (χ1) is 17.0. The van der Waals surface area contributed by atoms with E-state index < -0.39 is 53.8 Å². The molecule has 2 bridgehead atoms. The maximum absolute atomic E-state index is 13.2. The van der Waals surface area contributed by atoms with Crippen molar-refractivity contribution in [1.82, 2.24) is 21.3 Å². The molecule has 0 aromatic rings. The predicted molar refractivity (Wildman–Crippen MR) is 141 cm³/mol. The Morgan fingerprint density at radius 1 is 0.944 bits per heavy atom. The van der Waals surface area contributed by atoms with Crippen LogP contribution in [0.15, 0.2) is 23.9 Å². The van der Waals surface area contributed by atoms with Crippen molar-refractivity contribution in [2.45, 2.75) is 71.7 Å². The molecule has 0 spiro atoms. The van der Waals surface area contributed by atoms with Crippen molar-refractivity contribution in [3.63, 3.8) is 0 Å². The Morgan fingerprint density at radius 2 is 1.64 bits per heavy atom. The lowest BCUT2D eigenvalue weighted by Crippen LogP contribution is -2.57. The van der Waals surface area contributed by atoms with Gasteiger partial charge in [0.25, 0.3) is 5.91 Å². The minimum Gasteiger partial charge on any atom is -0.456 e. The van der Waals surface area contributed by atoms with Gasteiger partial charge in [-0.1, -0.05) is 61.4 Å². The number of ether oxygens (including phenoxy) is 1. The van der Waals surface area contributed by atoms with Gasteiger partial charge in [0, 0.05) is 11.5 Å². The Hall–Kier alpha value is -2.47. The summed E-state index contributed by atoms with van der Waals surface area (Å²) in [4.78, 5) is 65.2. The number of allylic oxidation sites excluding steroid dienone is 2. The summed E-state index contributed by atoms with van der Waals surface area (Å²) in [6.07, 6.45) is 4.51. The Labute approximate surface area is 220 Å². The number of rotatable bonds is 2. The van der Waals surface area contributed by atoms with Crippen LogP contribution in [0.3, 0.4) is 0 Å². The monoisotopic (exact) mass is 540 g/mol. The molecule has 2 rings (SSSR count). The molecular formula is C24H36N4O6S2.